The number of carbonyl (C=O) groups is 1. The second kappa shape index (κ2) is 5.85. The predicted octanol–water partition coefficient (Wildman–Crippen LogP) is 2.35. The smallest absolute Gasteiger partial charge is 0.231 e. The van der Waals surface area contributed by atoms with E-state index in [-0.39, 0.29) is 24.2 Å². The minimum absolute atomic E-state index is 0. The number of fused-ring (bicyclic) bond motifs is 1. The van der Waals surface area contributed by atoms with Gasteiger partial charge < -0.3 is 10.6 Å². The first kappa shape index (κ1) is 14.5. The van der Waals surface area contributed by atoms with Crippen LogP contribution in [0.15, 0.2) is 22.7 Å². The zero-order chi connectivity index (χ0) is 11.7. The van der Waals surface area contributed by atoms with Crippen LogP contribution in [0.2, 0.25) is 0 Å². The Morgan fingerprint density at radius 1 is 1.59 bits per heavy atom. The summed E-state index contributed by atoms with van der Waals surface area (Å²) in [7, 11) is 0. The summed E-state index contributed by atoms with van der Waals surface area (Å²) in [5, 5.41) is 0. The van der Waals surface area contributed by atoms with Crippen LogP contribution in [0.5, 0.6) is 0 Å². The van der Waals surface area contributed by atoms with E-state index in [0.29, 0.717) is 6.54 Å². The minimum Gasteiger partial charge on any atom is -0.330 e. The maximum atomic E-state index is 12.1. The molecule has 0 spiro atoms. The summed E-state index contributed by atoms with van der Waals surface area (Å²) in [6.07, 6.45) is 0.936. The molecule has 1 amide bonds. The third-order valence-electron chi connectivity index (χ3n) is 2.98. The van der Waals surface area contributed by atoms with Crippen molar-refractivity contribution in [3.05, 3.63) is 28.2 Å². The average molecular weight is 320 g/mol. The van der Waals surface area contributed by atoms with Crippen LogP contribution in [0.25, 0.3) is 0 Å². The van der Waals surface area contributed by atoms with Crippen molar-refractivity contribution in [3.63, 3.8) is 0 Å². The first-order valence-corrected chi connectivity index (χ1v) is 6.22. The Bertz CT molecular complexity index is 425. The summed E-state index contributed by atoms with van der Waals surface area (Å²) in [6, 6.07) is 6.09. The molecule has 1 aromatic rings. The highest BCUT2D eigenvalue weighted by Gasteiger charge is 2.27. The van der Waals surface area contributed by atoms with Crippen molar-refractivity contribution < 1.29 is 4.79 Å². The highest BCUT2D eigenvalue weighted by molar-refractivity contribution is 9.10. The molecule has 1 aromatic carbocycles. The van der Waals surface area contributed by atoms with Gasteiger partial charge in [-0.2, -0.15) is 0 Å². The molecule has 0 saturated carbocycles. The number of amides is 1. The fourth-order valence-electron chi connectivity index (χ4n) is 1.95. The Labute approximate surface area is 116 Å². The molecule has 2 rings (SSSR count). The van der Waals surface area contributed by atoms with Gasteiger partial charge >= 0.3 is 0 Å². The number of halogens is 2. The van der Waals surface area contributed by atoms with Gasteiger partial charge in [0.05, 0.1) is 0 Å². The third-order valence-corrected chi connectivity index (χ3v) is 3.48. The van der Waals surface area contributed by atoms with Crippen molar-refractivity contribution in [1.29, 1.82) is 0 Å². The van der Waals surface area contributed by atoms with Gasteiger partial charge in [-0.15, -0.1) is 12.4 Å². The number of rotatable bonds is 2. The molecule has 1 aliphatic heterocycles. The highest BCUT2D eigenvalue weighted by atomic mass is 79.9. The Morgan fingerprint density at radius 3 is 2.94 bits per heavy atom. The average Bonchev–Trinajstić information content (AvgIpc) is 2.69. The lowest BCUT2D eigenvalue weighted by atomic mass is 10.1. The van der Waals surface area contributed by atoms with Gasteiger partial charge in [0.2, 0.25) is 5.91 Å². The summed E-state index contributed by atoms with van der Waals surface area (Å²) in [5.41, 5.74) is 7.80. The van der Waals surface area contributed by atoms with Crippen LogP contribution in [0.4, 0.5) is 5.69 Å². The summed E-state index contributed by atoms with van der Waals surface area (Å²) in [5.74, 6) is 0.0179. The van der Waals surface area contributed by atoms with Gasteiger partial charge in [-0.1, -0.05) is 28.9 Å². The predicted molar refractivity (Wildman–Crippen MR) is 75.7 cm³/mol. The van der Waals surface area contributed by atoms with E-state index in [2.05, 4.69) is 22.0 Å². The summed E-state index contributed by atoms with van der Waals surface area (Å²) in [6.45, 7) is 3.05. The number of carbonyl (C=O) groups excluding carboxylic acids is 1. The molecule has 2 N–H and O–H groups in total. The summed E-state index contributed by atoms with van der Waals surface area (Å²) < 4.78 is 1.01. The quantitative estimate of drug-likeness (QED) is 0.909. The highest BCUT2D eigenvalue weighted by Crippen LogP contribution is 2.31. The molecule has 94 valence electrons. The number of hydrogen-bond acceptors (Lipinski definition) is 2. The standard InChI is InChI=1S/C12H15BrN2O.ClH/c1-8(7-14)12(16)15-5-4-9-2-3-10(13)6-11(9)15;/h2-3,6,8H,4-5,7,14H2,1H3;1H. The number of nitrogens with two attached hydrogens (primary N) is 1. The van der Waals surface area contributed by atoms with Crippen LogP contribution in [-0.2, 0) is 11.2 Å². The lowest BCUT2D eigenvalue weighted by molar-refractivity contribution is -0.121. The Balaban J connectivity index is 0.00000144. The number of hydrogen-bond donors (Lipinski definition) is 1. The molecule has 3 nitrogen and oxygen atoms in total. The molecule has 0 aliphatic carbocycles. The molecule has 1 atom stereocenters. The normalized spacial score (nSPS) is 15.1. The van der Waals surface area contributed by atoms with Crippen molar-refractivity contribution in [2.24, 2.45) is 11.7 Å². The second-order valence-corrected chi connectivity index (χ2v) is 5.07. The first-order valence-electron chi connectivity index (χ1n) is 5.43. The van der Waals surface area contributed by atoms with Crippen LogP contribution in [0, 0.1) is 5.92 Å². The number of benzene rings is 1. The molecule has 1 heterocycles. The maximum Gasteiger partial charge on any atom is 0.231 e. The number of anilines is 1. The van der Waals surface area contributed by atoms with Crippen LogP contribution in [0.1, 0.15) is 12.5 Å². The lowest BCUT2D eigenvalue weighted by Gasteiger charge is -2.20. The minimum atomic E-state index is -0.107. The molecule has 0 fully saturated rings. The molecular formula is C12H16BrClN2O. The maximum absolute atomic E-state index is 12.1. The van der Waals surface area contributed by atoms with Crippen molar-refractivity contribution in [3.8, 4) is 0 Å². The Hall–Kier alpha value is -0.580. The Kier molecular flexibility index (Phi) is 4.98. The largest absolute Gasteiger partial charge is 0.330 e. The molecule has 1 unspecified atom stereocenters. The summed E-state index contributed by atoms with van der Waals surface area (Å²) in [4.78, 5) is 13.9. The van der Waals surface area contributed by atoms with Crippen LogP contribution >= 0.6 is 28.3 Å². The lowest BCUT2D eigenvalue weighted by Crippen LogP contribution is -2.36. The topological polar surface area (TPSA) is 46.3 Å². The van der Waals surface area contributed by atoms with Crippen molar-refractivity contribution in [2.75, 3.05) is 18.0 Å². The monoisotopic (exact) mass is 318 g/mol. The van der Waals surface area contributed by atoms with Crippen LogP contribution in [0.3, 0.4) is 0 Å². The summed E-state index contributed by atoms with van der Waals surface area (Å²) >= 11 is 3.43. The van der Waals surface area contributed by atoms with Crippen molar-refractivity contribution in [1.82, 2.24) is 0 Å². The van der Waals surface area contributed by atoms with Crippen LogP contribution < -0.4 is 10.6 Å². The second-order valence-electron chi connectivity index (χ2n) is 4.15. The van der Waals surface area contributed by atoms with Gasteiger partial charge in [0.1, 0.15) is 0 Å². The van der Waals surface area contributed by atoms with E-state index >= 15 is 0 Å². The van der Waals surface area contributed by atoms with Gasteiger partial charge in [-0.3, -0.25) is 4.79 Å². The van der Waals surface area contributed by atoms with Crippen molar-refractivity contribution >= 4 is 39.9 Å². The molecule has 17 heavy (non-hydrogen) atoms. The van der Waals surface area contributed by atoms with E-state index in [1.54, 1.807) is 0 Å². The SMILES string of the molecule is CC(CN)C(=O)N1CCc2ccc(Br)cc21.Cl. The van der Waals surface area contributed by atoms with Crippen molar-refractivity contribution in [2.45, 2.75) is 13.3 Å². The van der Waals surface area contributed by atoms with E-state index in [0.717, 1.165) is 23.1 Å². The van der Waals surface area contributed by atoms with Gasteiger partial charge in [0.25, 0.3) is 0 Å². The molecular weight excluding hydrogens is 304 g/mol. The number of nitrogens with zero attached hydrogens (tertiary/aromatic N) is 1. The van der Waals surface area contributed by atoms with Crippen LogP contribution in [-0.4, -0.2) is 19.0 Å². The van der Waals surface area contributed by atoms with E-state index in [1.807, 2.05) is 24.0 Å². The van der Waals surface area contributed by atoms with Gasteiger partial charge in [-0.05, 0) is 24.1 Å². The van der Waals surface area contributed by atoms with Gasteiger partial charge in [0.15, 0.2) is 0 Å². The Morgan fingerprint density at radius 2 is 2.29 bits per heavy atom. The molecule has 0 bridgehead atoms. The third kappa shape index (κ3) is 2.81. The fourth-order valence-corrected chi connectivity index (χ4v) is 2.30. The fraction of sp³-hybridized carbons (Fsp3) is 0.417. The molecule has 0 aromatic heterocycles. The molecule has 0 saturated heterocycles. The first-order chi connectivity index (χ1) is 7.63. The zero-order valence-corrected chi connectivity index (χ0v) is 12.1. The molecule has 5 heteroatoms. The zero-order valence-electron chi connectivity index (χ0n) is 9.65. The van der Waals surface area contributed by atoms with Gasteiger partial charge in [0, 0.05) is 29.2 Å². The van der Waals surface area contributed by atoms with Gasteiger partial charge in [-0.25, -0.2) is 0 Å². The van der Waals surface area contributed by atoms with E-state index in [1.165, 1.54) is 5.56 Å². The molecule has 1 aliphatic rings. The van der Waals surface area contributed by atoms with E-state index in [9.17, 15) is 4.79 Å². The molecule has 0 radical (unpaired) electrons. The van der Waals surface area contributed by atoms with E-state index < -0.39 is 0 Å². The van der Waals surface area contributed by atoms with E-state index in [4.69, 9.17) is 5.73 Å².